The summed E-state index contributed by atoms with van der Waals surface area (Å²) in [7, 11) is 0. The van der Waals surface area contributed by atoms with Crippen LogP contribution in [0.4, 0.5) is 0 Å². The second-order valence-electron chi connectivity index (χ2n) is 15.5. The molecular weight excluding hydrogens is 680 g/mol. The highest BCUT2D eigenvalue weighted by molar-refractivity contribution is 5.61. The smallest absolute Gasteiger partial charge is 0.123 e. The van der Waals surface area contributed by atoms with Gasteiger partial charge in [0.2, 0.25) is 0 Å². The standard InChI is InChI=1S/C32H32O8.C14H20/c1-13-17-5-19(27(35)9-25(17)33)14(2)21-7-23(31(39)11-29(21)37)16(4)24-8-22(30(38)12-32(24)40)15(3)20-6-18(13)26(34)10-28(20)36;1-11-7-9-13(10-8-11)14-6-4-3-5-12(14)2/h5-16,33-40H,1-4H3;7-10,12,14H,3-6H2,1-2H3. The summed E-state index contributed by atoms with van der Waals surface area (Å²) in [5.74, 6) is -2.29. The molecule has 1 fully saturated rings. The Kier molecular flexibility index (Phi) is 10.7. The highest BCUT2D eigenvalue weighted by Crippen LogP contribution is 2.49. The van der Waals surface area contributed by atoms with Crippen molar-refractivity contribution in [1.82, 2.24) is 0 Å². The van der Waals surface area contributed by atoms with Crippen molar-refractivity contribution in [2.24, 2.45) is 5.92 Å². The highest BCUT2D eigenvalue weighted by Gasteiger charge is 2.29. The molecule has 7 rings (SSSR count). The van der Waals surface area contributed by atoms with Crippen LogP contribution in [0.25, 0.3) is 0 Å². The molecule has 5 aromatic carbocycles. The van der Waals surface area contributed by atoms with Gasteiger partial charge in [0.25, 0.3) is 0 Å². The van der Waals surface area contributed by atoms with Gasteiger partial charge in [0.05, 0.1) is 0 Å². The SMILES string of the molecule is CC1c2cc(c(O)cc2O)C(C)c2cc(c(O)cc2O)C(C)c2cc(c(O)cc2O)C(C)c2cc1c(O)cc2O.Cc1ccc(C2CCCCC2C)cc1. The quantitative estimate of drug-likeness (QED) is 0.0844. The fourth-order valence-electron chi connectivity index (χ4n) is 8.52. The Hall–Kier alpha value is -5.50. The number of fused-ring (bicyclic) bond motifs is 8. The second-order valence-corrected chi connectivity index (χ2v) is 15.5. The van der Waals surface area contributed by atoms with Gasteiger partial charge in [-0.2, -0.15) is 0 Å². The van der Waals surface area contributed by atoms with Gasteiger partial charge in [0, 0.05) is 92.4 Å². The average Bonchev–Trinajstić information content (AvgIpc) is 3.11. The van der Waals surface area contributed by atoms with Gasteiger partial charge in [-0.05, 0) is 55.0 Å². The number of hydrogen-bond donors (Lipinski definition) is 8. The van der Waals surface area contributed by atoms with Crippen LogP contribution in [-0.2, 0) is 0 Å². The van der Waals surface area contributed by atoms with Gasteiger partial charge in [0.15, 0.2) is 0 Å². The average molecular weight is 733 g/mol. The maximum atomic E-state index is 10.8. The third-order valence-corrected chi connectivity index (χ3v) is 12.1. The van der Waals surface area contributed by atoms with Crippen LogP contribution in [0.2, 0.25) is 0 Å². The minimum Gasteiger partial charge on any atom is -0.508 e. The predicted molar refractivity (Wildman–Crippen MR) is 211 cm³/mol. The molecule has 5 aromatic rings. The molecule has 8 bridgehead atoms. The molecule has 0 saturated heterocycles. The van der Waals surface area contributed by atoms with E-state index in [9.17, 15) is 40.9 Å². The number of aryl methyl sites for hydroxylation is 1. The number of aromatic hydroxyl groups is 8. The maximum Gasteiger partial charge on any atom is 0.123 e. The Morgan fingerprint density at radius 2 is 0.630 bits per heavy atom. The summed E-state index contributed by atoms with van der Waals surface area (Å²) in [5, 5.41) is 86.5. The fourth-order valence-corrected chi connectivity index (χ4v) is 8.52. The molecule has 0 aliphatic heterocycles. The Morgan fingerprint density at radius 3 is 0.889 bits per heavy atom. The third kappa shape index (κ3) is 7.22. The lowest BCUT2D eigenvalue weighted by atomic mass is 9.76. The molecular formula is C46H52O8. The van der Waals surface area contributed by atoms with E-state index in [-0.39, 0.29) is 46.0 Å². The van der Waals surface area contributed by atoms with E-state index in [0.29, 0.717) is 44.5 Å². The summed E-state index contributed by atoms with van der Waals surface area (Å²) in [6.07, 6.45) is 5.66. The van der Waals surface area contributed by atoms with E-state index in [4.69, 9.17) is 0 Å². The molecule has 2 atom stereocenters. The first-order valence-corrected chi connectivity index (χ1v) is 18.9. The van der Waals surface area contributed by atoms with Gasteiger partial charge in [-0.15, -0.1) is 0 Å². The van der Waals surface area contributed by atoms with Crippen LogP contribution >= 0.6 is 0 Å². The third-order valence-electron chi connectivity index (χ3n) is 12.1. The number of phenolic OH excluding ortho intramolecular Hbond substituents is 8. The van der Waals surface area contributed by atoms with Crippen molar-refractivity contribution in [2.45, 2.75) is 96.8 Å². The molecule has 0 amide bonds. The van der Waals surface area contributed by atoms with Crippen molar-refractivity contribution >= 4 is 0 Å². The molecule has 1 saturated carbocycles. The zero-order chi connectivity index (χ0) is 39.2. The van der Waals surface area contributed by atoms with Crippen molar-refractivity contribution < 1.29 is 40.9 Å². The van der Waals surface area contributed by atoms with Crippen molar-refractivity contribution in [3.8, 4) is 46.0 Å². The summed E-state index contributed by atoms with van der Waals surface area (Å²) in [5.41, 5.74) is 6.10. The molecule has 0 radical (unpaired) electrons. The van der Waals surface area contributed by atoms with Crippen LogP contribution in [-0.4, -0.2) is 40.9 Å². The second kappa shape index (κ2) is 15.1. The largest absolute Gasteiger partial charge is 0.508 e. The molecule has 0 aromatic heterocycles. The lowest BCUT2D eigenvalue weighted by Crippen LogP contribution is -2.14. The highest BCUT2D eigenvalue weighted by atomic mass is 16.3. The molecule has 0 spiro atoms. The molecule has 8 nitrogen and oxygen atoms in total. The minimum absolute atomic E-state index is 0.200. The van der Waals surface area contributed by atoms with Crippen LogP contribution in [0.1, 0.15) is 146 Å². The summed E-state index contributed by atoms with van der Waals surface area (Å²) in [4.78, 5) is 0. The van der Waals surface area contributed by atoms with E-state index < -0.39 is 23.7 Å². The summed E-state index contributed by atoms with van der Waals surface area (Å²) >= 11 is 0. The van der Waals surface area contributed by atoms with Crippen LogP contribution in [0.5, 0.6) is 46.0 Å². The van der Waals surface area contributed by atoms with Crippen LogP contribution < -0.4 is 0 Å². The first kappa shape index (κ1) is 38.2. The van der Waals surface area contributed by atoms with Crippen molar-refractivity contribution in [3.63, 3.8) is 0 Å². The number of rotatable bonds is 1. The van der Waals surface area contributed by atoms with Crippen LogP contribution in [0.3, 0.4) is 0 Å². The molecule has 2 unspecified atom stereocenters. The maximum absolute atomic E-state index is 10.8. The van der Waals surface area contributed by atoms with Crippen molar-refractivity contribution in [1.29, 1.82) is 0 Å². The lowest BCUT2D eigenvalue weighted by Gasteiger charge is -2.29. The van der Waals surface area contributed by atoms with Crippen LogP contribution in [0, 0.1) is 12.8 Å². The monoisotopic (exact) mass is 732 g/mol. The predicted octanol–water partition coefficient (Wildman–Crippen LogP) is 10.5. The number of benzene rings is 5. The van der Waals surface area contributed by atoms with Crippen molar-refractivity contribution in [3.05, 3.63) is 128 Å². The summed E-state index contributed by atoms with van der Waals surface area (Å²) in [6, 6.07) is 20.4. The van der Waals surface area contributed by atoms with Crippen LogP contribution in [0.15, 0.2) is 72.8 Å². The zero-order valence-corrected chi connectivity index (χ0v) is 31.8. The summed E-state index contributed by atoms with van der Waals surface area (Å²) in [6.45, 7) is 11.6. The minimum atomic E-state index is -0.598. The van der Waals surface area contributed by atoms with E-state index >= 15 is 0 Å². The van der Waals surface area contributed by atoms with E-state index in [1.54, 1.807) is 57.5 Å². The number of phenols is 8. The molecule has 54 heavy (non-hydrogen) atoms. The molecule has 2 aliphatic rings. The molecule has 8 N–H and O–H groups in total. The molecule has 0 heterocycles. The van der Waals surface area contributed by atoms with Gasteiger partial charge < -0.3 is 40.9 Å². The van der Waals surface area contributed by atoms with E-state index in [0.717, 1.165) is 11.8 Å². The Labute approximate surface area is 317 Å². The van der Waals surface area contributed by atoms with Gasteiger partial charge in [-0.1, -0.05) is 83.7 Å². The number of hydrogen-bond acceptors (Lipinski definition) is 8. The van der Waals surface area contributed by atoms with Gasteiger partial charge in [-0.3, -0.25) is 0 Å². The normalized spacial score (nSPS) is 22.2. The topological polar surface area (TPSA) is 162 Å². The van der Waals surface area contributed by atoms with Gasteiger partial charge in [0.1, 0.15) is 46.0 Å². The first-order chi connectivity index (χ1) is 25.6. The Bertz CT molecular complexity index is 1830. The Balaban J connectivity index is 0.000000297. The van der Waals surface area contributed by atoms with E-state index in [2.05, 4.69) is 38.1 Å². The Morgan fingerprint density at radius 1 is 0.370 bits per heavy atom. The van der Waals surface area contributed by atoms with E-state index in [1.807, 2.05) is 0 Å². The fraction of sp³-hybridized carbons (Fsp3) is 0.348. The van der Waals surface area contributed by atoms with Crippen molar-refractivity contribution in [2.75, 3.05) is 0 Å². The van der Waals surface area contributed by atoms with E-state index in [1.165, 1.54) is 55.5 Å². The zero-order valence-electron chi connectivity index (χ0n) is 31.8. The van der Waals surface area contributed by atoms with Gasteiger partial charge >= 0.3 is 0 Å². The molecule has 284 valence electrons. The molecule has 2 aliphatic carbocycles. The first-order valence-electron chi connectivity index (χ1n) is 18.9. The molecule has 8 heteroatoms. The lowest BCUT2D eigenvalue weighted by molar-refractivity contribution is 0.330. The summed E-state index contributed by atoms with van der Waals surface area (Å²) < 4.78 is 0. The van der Waals surface area contributed by atoms with Gasteiger partial charge in [-0.25, -0.2) is 0 Å².